The van der Waals surface area contributed by atoms with Crippen molar-refractivity contribution in [2.24, 2.45) is 0 Å². The minimum absolute atomic E-state index is 0.125. The summed E-state index contributed by atoms with van der Waals surface area (Å²) in [7, 11) is 0. The van der Waals surface area contributed by atoms with Gasteiger partial charge >= 0.3 is 0 Å². The lowest BCUT2D eigenvalue weighted by Crippen LogP contribution is -2.49. The molecule has 6 heteroatoms. The van der Waals surface area contributed by atoms with E-state index in [9.17, 15) is 19.1 Å². The fourth-order valence-electron chi connectivity index (χ4n) is 2.65. The highest BCUT2D eigenvalue weighted by atomic mass is 19.1. The molecule has 0 saturated carbocycles. The van der Waals surface area contributed by atoms with Crippen molar-refractivity contribution in [1.29, 1.82) is 0 Å². The van der Waals surface area contributed by atoms with Crippen molar-refractivity contribution in [3.63, 3.8) is 0 Å². The first-order valence-electron chi connectivity index (χ1n) is 8.13. The van der Waals surface area contributed by atoms with E-state index in [1.54, 1.807) is 32.0 Å². The quantitative estimate of drug-likeness (QED) is 0.837. The summed E-state index contributed by atoms with van der Waals surface area (Å²) < 4.78 is 14.5. The molecule has 0 spiro atoms. The van der Waals surface area contributed by atoms with Gasteiger partial charge in [-0.3, -0.25) is 9.59 Å². The number of hydrogen-bond donors (Lipinski definition) is 2. The van der Waals surface area contributed by atoms with Crippen LogP contribution in [0.2, 0.25) is 0 Å². The Hall–Kier alpha value is -2.47. The first-order chi connectivity index (χ1) is 11.7. The number of benzene rings is 1. The van der Waals surface area contributed by atoms with E-state index >= 15 is 0 Å². The molecule has 0 aliphatic heterocycles. The largest absolute Gasteiger partial charge is 0.378 e. The lowest BCUT2D eigenvalue weighted by Gasteiger charge is -2.24. The first kappa shape index (κ1) is 18.9. The number of rotatable bonds is 6. The molecule has 2 aromatic rings. The second kappa shape index (κ2) is 7.61. The third-order valence-corrected chi connectivity index (χ3v) is 4.21. The van der Waals surface area contributed by atoms with Gasteiger partial charge in [0.2, 0.25) is 0 Å². The predicted octanol–water partition coefficient (Wildman–Crippen LogP) is 1.71. The summed E-state index contributed by atoms with van der Waals surface area (Å²) >= 11 is 0. The molecule has 1 heterocycles. The normalized spacial score (nSPS) is 13.3. The highest BCUT2D eigenvalue weighted by molar-refractivity contribution is 5.84. The van der Waals surface area contributed by atoms with E-state index in [0.717, 1.165) is 11.1 Å². The number of pyridine rings is 1. The SMILES string of the molecule is Cc1cc(F)ccc1CCNC(=O)C(C)(O)Cn1c(C)cccc1=O. The summed E-state index contributed by atoms with van der Waals surface area (Å²) in [5.74, 6) is -0.848. The molecule has 5 nitrogen and oxygen atoms in total. The molecule has 0 radical (unpaired) electrons. The van der Waals surface area contributed by atoms with E-state index in [2.05, 4.69) is 5.32 Å². The fourth-order valence-corrected chi connectivity index (χ4v) is 2.65. The van der Waals surface area contributed by atoms with Crippen LogP contribution in [-0.4, -0.2) is 27.7 Å². The van der Waals surface area contributed by atoms with Crippen LogP contribution in [0.4, 0.5) is 4.39 Å². The summed E-state index contributed by atoms with van der Waals surface area (Å²) in [4.78, 5) is 24.2. The van der Waals surface area contributed by atoms with Crippen LogP contribution in [0, 0.1) is 19.7 Å². The Bertz CT molecular complexity index is 828. The average Bonchev–Trinajstić information content (AvgIpc) is 2.53. The van der Waals surface area contributed by atoms with Gasteiger partial charge in [0, 0.05) is 18.3 Å². The zero-order chi connectivity index (χ0) is 18.6. The second-order valence-corrected chi connectivity index (χ2v) is 6.44. The number of halogens is 1. The molecule has 25 heavy (non-hydrogen) atoms. The Balaban J connectivity index is 1.98. The van der Waals surface area contributed by atoms with Gasteiger partial charge in [0.05, 0.1) is 6.54 Å². The predicted molar refractivity (Wildman–Crippen MR) is 93.9 cm³/mol. The summed E-state index contributed by atoms with van der Waals surface area (Å²) in [6.45, 7) is 5.11. The van der Waals surface area contributed by atoms with Gasteiger partial charge in [-0.1, -0.05) is 12.1 Å². The lowest BCUT2D eigenvalue weighted by molar-refractivity contribution is -0.139. The minimum atomic E-state index is -1.71. The standard InChI is InChI=1S/C19H23FN2O3/c1-13-11-16(20)8-7-15(13)9-10-21-18(24)19(3,25)12-22-14(2)5-4-6-17(22)23/h4-8,11,25H,9-10,12H2,1-3H3,(H,21,24). The van der Waals surface area contributed by atoms with Crippen molar-refractivity contribution in [1.82, 2.24) is 9.88 Å². The summed E-state index contributed by atoms with van der Waals surface area (Å²) in [5.41, 5.74) is 0.426. The maximum Gasteiger partial charge on any atom is 0.253 e. The summed E-state index contributed by atoms with van der Waals surface area (Å²) in [6.07, 6.45) is 0.526. The minimum Gasteiger partial charge on any atom is -0.378 e. The van der Waals surface area contributed by atoms with Crippen molar-refractivity contribution in [3.8, 4) is 0 Å². The highest BCUT2D eigenvalue weighted by Crippen LogP contribution is 2.11. The van der Waals surface area contributed by atoms with Gasteiger partial charge in [0.1, 0.15) is 5.82 Å². The van der Waals surface area contributed by atoms with Gasteiger partial charge in [-0.15, -0.1) is 0 Å². The van der Waals surface area contributed by atoms with Crippen LogP contribution in [-0.2, 0) is 17.8 Å². The van der Waals surface area contributed by atoms with Crippen LogP contribution in [0.5, 0.6) is 0 Å². The molecule has 1 atom stereocenters. The number of aryl methyl sites for hydroxylation is 2. The van der Waals surface area contributed by atoms with Crippen molar-refractivity contribution >= 4 is 5.91 Å². The maximum atomic E-state index is 13.1. The fraction of sp³-hybridized carbons (Fsp3) is 0.368. The topological polar surface area (TPSA) is 71.3 Å². The highest BCUT2D eigenvalue weighted by Gasteiger charge is 2.31. The van der Waals surface area contributed by atoms with Crippen LogP contribution >= 0.6 is 0 Å². The van der Waals surface area contributed by atoms with E-state index in [0.29, 0.717) is 18.7 Å². The molecule has 1 aromatic heterocycles. The molecule has 0 fully saturated rings. The molecule has 0 bridgehead atoms. The number of nitrogens with one attached hydrogen (secondary N) is 1. The molecular weight excluding hydrogens is 323 g/mol. The van der Waals surface area contributed by atoms with Gasteiger partial charge in [-0.2, -0.15) is 0 Å². The van der Waals surface area contributed by atoms with Gasteiger partial charge in [-0.05, 0) is 56.5 Å². The number of aliphatic hydroxyl groups is 1. The number of carbonyl (C=O) groups is 1. The molecule has 2 N–H and O–H groups in total. The number of hydrogen-bond acceptors (Lipinski definition) is 3. The molecule has 1 amide bonds. The zero-order valence-corrected chi connectivity index (χ0v) is 14.7. The lowest BCUT2D eigenvalue weighted by atomic mass is 10.0. The maximum absolute atomic E-state index is 13.1. The summed E-state index contributed by atoms with van der Waals surface area (Å²) in [5, 5.41) is 13.1. The average molecular weight is 346 g/mol. The van der Waals surface area contributed by atoms with Crippen molar-refractivity contribution in [3.05, 3.63) is 69.4 Å². The van der Waals surface area contributed by atoms with Crippen LogP contribution in [0.3, 0.4) is 0 Å². The molecule has 0 saturated heterocycles. The Labute approximate surface area is 146 Å². The van der Waals surface area contributed by atoms with Crippen LogP contribution in [0.25, 0.3) is 0 Å². The van der Waals surface area contributed by atoms with E-state index in [4.69, 9.17) is 0 Å². The molecule has 134 valence electrons. The molecule has 0 aliphatic carbocycles. The Morgan fingerprint density at radius 1 is 1.28 bits per heavy atom. The van der Waals surface area contributed by atoms with Crippen LogP contribution in [0.15, 0.2) is 41.2 Å². The van der Waals surface area contributed by atoms with E-state index in [1.165, 1.54) is 29.7 Å². The summed E-state index contributed by atoms with van der Waals surface area (Å²) in [6, 6.07) is 9.27. The van der Waals surface area contributed by atoms with Gasteiger partial charge in [0.15, 0.2) is 5.60 Å². The van der Waals surface area contributed by atoms with Crippen LogP contribution in [0.1, 0.15) is 23.7 Å². The molecule has 0 aliphatic rings. The zero-order valence-electron chi connectivity index (χ0n) is 14.7. The third-order valence-electron chi connectivity index (χ3n) is 4.21. The number of carbonyl (C=O) groups excluding carboxylic acids is 1. The van der Waals surface area contributed by atoms with Crippen LogP contribution < -0.4 is 10.9 Å². The van der Waals surface area contributed by atoms with Gasteiger partial charge in [0.25, 0.3) is 11.5 Å². The van der Waals surface area contributed by atoms with E-state index in [-0.39, 0.29) is 17.9 Å². The number of amides is 1. The Kier molecular flexibility index (Phi) is 5.74. The molecule has 2 rings (SSSR count). The monoisotopic (exact) mass is 346 g/mol. The van der Waals surface area contributed by atoms with Gasteiger partial charge < -0.3 is 15.0 Å². The van der Waals surface area contributed by atoms with Crippen molar-refractivity contribution in [2.75, 3.05) is 6.54 Å². The molecule has 1 aromatic carbocycles. The van der Waals surface area contributed by atoms with Gasteiger partial charge in [-0.25, -0.2) is 4.39 Å². The van der Waals surface area contributed by atoms with E-state index < -0.39 is 11.5 Å². The van der Waals surface area contributed by atoms with E-state index in [1.807, 2.05) is 0 Å². The van der Waals surface area contributed by atoms with Crippen molar-refractivity contribution in [2.45, 2.75) is 39.3 Å². The Morgan fingerprint density at radius 3 is 2.64 bits per heavy atom. The number of aromatic nitrogens is 1. The molecule has 1 unspecified atom stereocenters. The third kappa shape index (κ3) is 4.76. The number of nitrogens with zero attached hydrogens (tertiary/aromatic N) is 1. The molecular formula is C19H23FN2O3. The van der Waals surface area contributed by atoms with Crippen molar-refractivity contribution < 1.29 is 14.3 Å². The smallest absolute Gasteiger partial charge is 0.253 e. The second-order valence-electron chi connectivity index (χ2n) is 6.44. The first-order valence-corrected chi connectivity index (χ1v) is 8.13. The Morgan fingerprint density at radius 2 is 2.00 bits per heavy atom.